The van der Waals surface area contributed by atoms with Gasteiger partial charge in [0.05, 0.1) is 32.4 Å². The number of ether oxygens (including phenoxy) is 3. The number of pyridine rings is 1. The summed E-state index contributed by atoms with van der Waals surface area (Å²) in [6.07, 6.45) is 7.29. The van der Waals surface area contributed by atoms with Crippen molar-refractivity contribution in [3.8, 4) is 11.5 Å². The Hall–Kier alpha value is -4.54. The highest BCUT2D eigenvalue weighted by atomic mass is 16.5. The van der Waals surface area contributed by atoms with Gasteiger partial charge < -0.3 is 24.8 Å². The number of aromatic nitrogens is 3. The van der Waals surface area contributed by atoms with Crippen molar-refractivity contribution in [2.24, 2.45) is 0 Å². The minimum absolute atomic E-state index is 0.247. The van der Waals surface area contributed by atoms with E-state index in [-0.39, 0.29) is 5.91 Å². The third kappa shape index (κ3) is 7.31. The van der Waals surface area contributed by atoms with Gasteiger partial charge in [-0.1, -0.05) is 18.2 Å². The van der Waals surface area contributed by atoms with Gasteiger partial charge in [0.1, 0.15) is 18.0 Å². The molecule has 2 aromatic carbocycles. The topological polar surface area (TPSA) is 111 Å². The fourth-order valence-electron chi connectivity index (χ4n) is 4.32. The fourth-order valence-corrected chi connectivity index (χ4v) is 4.32. The molecule has 1 fully saturated rings. The average molecular weight is 541 g/mol. The van der Waals surface area contributed by atoms with Crippen LogP contribution in [0.5, 0.6) is 11.5 Å². The minimum Gasteiger partial charge on any atom is -0.493 e. The lowest BCUT2D eigenvalue weighted by atomic mass is 10.1. The number of morpholine rings is 1. The van der Waals surface area contributed by atoms with Gasteiger partial charge in [0.25, 0.3) is 0 Å². The van der Waals surface area contributed by atoms with Gasteiger partial charge in [0.15, 0.2) is 11.5 Å². The first-order valence-corrected chi connectivity index (χ1v) is 13.2. The number of carbonyl (C=O) groups is 1. The second-order valence-electron chi connectivity index (χ2n) is 9.18. The fraction of sp³-hybridized carbons (Fsp3) is 0.267. The summed E-state index contributed by atoms with van der Waals surface area (Å²) in [5.74, 6) is 2.20. The summed E-state index contributed by atoms with van der Waals surface area (Å²) < 4.78 is 17.1. The molecule has 10 nitrogen and oxygen atoms in total. The zero-order chi connectivity index (χ0) is 27.6. The van der Waals surface area contributed by atoms with E-state index in [0.717, 1.165) is 61.4 Å². The van der Waals surface area contributed by atoms with Gasteiger partial charge in [0, 0.05) is 49.0 Å². The summed E-state index contributed by atoms with van der Waals surface area (Å²) in [7, 11) is 1.63. The Morgan fingerprint density at radius 2 is 1.90 bits per heavy atom. The molecular weight excluding hydrogens is 508 g/mol. The molecular formula is C30H32N6O4. The number of carbonyl (C=O) groups excluding carboxylic acids is 1. The van der Waals surface area contributed by atoms with Crippen molar-refractivity contribution >= 4 is 40.2 Å². The lowest BCUT2D eigenvalue weighted by Gasteiger charge is -2.26. The van der Waals surface area contributed by atoms with Crippen molar-refractivity contribution in [2.75, 3.05) is 57.2 Å². The van der Waals surface area contributed by atoms with Crippen LogP contribution in [0.4, 0.5) is 17.3 Å². The van der Waals surface area contributed by atoms with E-state index in [1.807, 2.05) is 42.5 Å². The van der Waals surface area contributed by atoms with Crippen LogP contribution in [0.15, 0.2) is 73.2 Å². The van der Waals surface area contributed by atoms with E-state index in [2.05, 4.69) is 30.5 Å². The molecule has 1 aliphatic rings. The number of hydrogen-bond acceptors (Lipinski definition) is 9. The smallest absolute Gasteiger partial charge is 0.249 e. The van der Waals surface area contributed by atoms with Gasteiger partial charge in [-0.3, -0.25) is 9.69 Å². The molecule has 206 valence electrons. The maximum absolute atomic E-state index is 12.1. The van der Waals surface area contributed by atoms with Crippen molar-refractivity contribution in [3.05, 3.63) is 78.8 Å². The van der Waals surface area contributed by atoms with Crippen LogP contribution in [0.3, 0.4) is 0 Å². The highest BCUT2D eigenvalue weighted by molar-refractivity contribution is 6.01. The van der Waals surface area contributed by atoms with Gasteiger partial charge in [0.2, 0.25) is 5.91 Å². The number of nitrogens with one attached hydrogen (secondary N) is 2. The number of amides is 1. The SMILES string of the molecule is COc1cc2c(Nc3ccc(C=CC(=O)Nc4ccccn4)cc3)ncnc2cc1OCCCN1CCOCC1. The van der Waals surface area contributed by atoms with E-state index in [1.165, 1.54) is 12.4 Å². The molecule has 2 aromatic heterocycles. The molecule has 10 heteroatoms. The molecule has 0 saturated carbocycles. The predicted octanol–water partition coefficient (Wildman–Crippen LogP) is 4.53. The molecule has 0 spiro atoms. The number of hydrogen-bond donors (Lipinski definition) is 2. The lowest BCUT2D eigenvalue weighted by Crippen LogP contribution is -2.37. The van der Waals surface area contributed by atoms with Crippen LogP contribution >= 0.6 is 0 Å². The second kappa shape index (κ2) is 13.5. The Bertz CT molecular complexity index is 1440. The van der Waals surface area contributed by atoms with Crippen LogP contribution in [0.1, 0.15) is 12.0 Å². The van der Waals surface area contributed by atoms with Gasteiger partial charge in [-0.25, -0.2) is 15.0 Å². The summed E-state index contributed by atoms with van der Waals surface area (Å²) in [6, 6.07) is 16.8. The van der Waals surface area contributed by atoms with E-state index in [0.29, 0.717) is 29.7 Å². The third-order valence-corrected chi connectivity index (χ3v) is 6.42. The molecule has 1 aliphatic heterocycles. The molecule has 0 radical (unpaired) electrons. The number of methoxy groups -OCH3 is 1. The second-order valence-corrected chi connectivity index (χ2v) is 9.18. The van der Waals surface area contributed by atoms with Crippen LogP contribution in [-0.4, -0.2) is 72.3 Å². The summed E-state index contributed by atoms with van der Waals surface area (Å²) in [4.78, 5) is 27.5. The molecule has 1 saturated heterocycles. The van der Waals surface area contributed by atoms with Gasteiger partial charge in [-0.05, 0) is 48.4 Å². The summed E-state index contributed by atoms with van der Waals surface area (Å²) in [5, 5.41) is 6.90. The lowest BCUT2D eigenvalue weighted by molar-refractivity contribution is -0.111. The Morgan fingerprint density at radius 3 is 2.67 bits per heavy atom. The van der Waals surface area contributed by atoms with Crippen molar-refractivity contribution in [1.82, 2.24) is 19.9 Å². The highest BCUT2D eigenvalue weighted by Crippen LogP contribution is 2.34. The monoisotopic (exact) mass is 540 g/mol. The van der Waals surface area contributed by atoms with Gasteiger partial charge >= 0.3 is 0 Å². The Balaban J connectivity index is 1.21. The Labute approximate surface area is 233 Å². The summed E-state index contributed by atoms with van der Waals surface area (Å²) in [5.41, 5.74) is 2.48. The third-order valence-electron chi connectivity index (χ3n) is 6.42. The molecule has 0 atom stereocenters. The summed E-state index contributed by atoms with van der Waals surface area (Å²) >= 11 is 0. The first-order valence-electron chi connectivity index (χ1n) is 13.2. The van der Waals surface area contributed by atoms with Crippen molar-refractivity contribution in [1.29, 1.82) is 0 Å². The van der Waals surface area contributed by atoms with E-state index >= 15 is 0 Å². The van der Waals surface area contributed by atoms with E-state index in [4.69, 9.17) is 14.2 Å². The van der Waals surface area contributed by atoms with Crippen molar-refractivity contribution in [2.45, 2.75) is 6.42 Å². The number of anilines is 3. The van der Waals surface area contributed by atoms with Crippen LogP contribution in [0.2, 0.25) is 0 Å². The molecule has 0 bridgehead atoms. The average Bonchev–Trinajstić information content (AvgIpc) is 3.00. The minimum atomic E-state index is -0.247. The zero-order valence-electron chi connectivity index (χ0n) is 22.4. The molecule has 0 aliphatic carbocycles. The standard InChI is InChI=1S/C30H32N6O4/c1-38-26-19-24-25(20-27(26)40-16-4-13-36-14-17-39-18-15-36)32-21-33-30(24)34-23-9-6-22(7-10-23)8-11-29(37)35-28-5-2-3-12-31-28/h2-3,5-12,19-21H,4,13-18H2,1H3,(H,31,35,37)(H,32,33,34). The van der Waals surface area contributed by atoms with E-state index in [1.54, 1.807) is 31.5 Å². The van der Waals surface area contributed by atoms with Gasteiger partial charge in [-0.2, -0.15) is 0 Å². The van der Waals surface area contributed by atoms with Crippen molar-refractivity contribution < 1.29 is 19.0 Å². The number of nitrogens with zero attached hydrogens (tertiary/aromatic N) is 4. The first kappa shape index (κ1) is 27.0. The van der Waals surface area contributed by atoms with E-state index < -0.39 is 0 Å². The van der Waals surface area contributed by atoms with Crippen LogP contribution in [0.25, 0.3) is 17.0 Å². The van der Waals surface area contributed by atoms with Crippen LogP contribution < -0.4 is 20.1 Å². The van der Waals surface area contributed by atoms with Gasteiger partial charge in [-0.15, -0.1) is 0 Å². The molecule has 4 aromatic rings. The Morgan fingerprint density at radius 1 is 1.05 bits per heavy atom. The summed E-state index contributed by atoms with van der Waals surface area (Å²) in [6.45, 7) is 5.08. The molecule has 5 rings (SSSR count). The normalized spacial score (nSPS) is 13.8. The first-order chi connectivity index (χ1) is 19.7. The predicted molar refractivity (Wildman–Crippen MR) is 155 cm³/mol. The molecule has 2 N–H and O–H groups in total. The van der Waals surface area contributed by atoms with E-state index in [9.17, 15) is 4.79 Å². The maximum atomic E-state index is 12.1. The zero-order valence-corrected chi connectivity index (χ0v) is 22.4. The quantitative estimate of drug-likeness (QED) is 0.209. The largest absolute Gasteiger partial charge is 0.493 e. The van der Waals surface area contributed by atoms with Crippen molar-refractivity contribution in [3.63, 3.8) is 0 Å². The van der Waals surface area contributed by atoms with Crippen LogP contribution in [0, 0.1) is 0 Å². The van der Waals surface area contributed by atoms with Crippen LogP contribution in [-0.2, 0) is 9.53 Å². The number of fused-ring (bicyclic) bond motifs is 1. The molecule has 1 amide bonds. The maximum Gasteiger partial charge on any atom is 0.249 e. The molecule has 0 unspecified atom stereocenters. The highest BCUT2D eigenvalue weighted by Gasteiger charge is 2.13. The number of benzene rings is 2. The Kier molecular flexibility index (Phi) is 9.13. The molecule has 40 heavy (non-hydrogen) atoms. The number of rotatable bonds is 11. The molecule has 3 heterocycles.